The molecule has 0 bridgehead atoms. The summed E-state index contributed by atoms with van der Waals surface area (Å²) >= 11 is 5.98. The Morgan fingerprint density at radius 3 is 2.06 bits per heavy atom. The van der Waals surface area contributed by atoms with Crippen LogP contribution >= 0.6 is 11.6 Å². The fourth-order valence-corrected chi connectivity index (χ4v) is 4.60. The predicted molar refractivity (Wildman–Crippen MR) is 136 cm³/mol. The van der Waals surface area contributed by atoms with Crippen LogP contribution in [0.1, 0.15) is 27.0 Å². The number of para-hydroxylation sites is 1. The first kappa shape index (κ1) is 25.4. The molecule has 9 heteroatoms. The number of nitrogens with zero attached hydrogens (tertiary/aromatic N) is 1. The average molecular weight is 503 g/mol. The van der Waals surface area contributed by atoms with E-state index in [1.807, 2.05) is 32.0 Å². The smallest absolute Gasteiger partial charge is 0.257 e. The third-order valence-corrected chi connectivity index (χ3v) is 6.75. The summed E-state index contributed by atoms with van der Waals surface area (Å²) in [5.41, 5.74) is 3.43. The maximum absolute atomic E-state index is 13.5. The number of carbonyl (C=O) groups excluding carboxylic acids is 1. The van der Waals surface area contributed by atoms with Gasteiger partial charge in [0.05, 0.1) is 38.3 Å². The Morgan fingerprint density at radius 1 is 0.971 bits per heavy atom. The molecule has 3 aromatic rings. The molecule has 0 spiro atoms. The fraction of sp³-hybridized carbons (Fsp3) is 0.240. The van der Waals surface area contributed by atoms with E-state index in [9.17, 15) is 13.2 Å². The zero-order valence-corrected chi connectivity index (χ0v) is 21.3. The minimum atomic E-state index is -3.79. The minimum absolute atomic E-state index is 0.00480. The fourth-order valence-electron chi connectivity index (χ4n) is 3.59. The monoisotopic (exact) mass is 502 g/mol. The van der Waals surface area contributed by atoms with Gasteiger partial charge >= 0.3 is 0 Å². The SMILES string of the molecule is COc1cc(C(=O)Nc2c(C)cccc2C)c(N(Cc2ccc(Cl)cc2)S(C)(=O)=O)cc1OC. The first-order valence-electron chi connectivity index (χ1n) is 10.4. The second kappa shape index (κ2) is 10.4. The zero-order chi connectivity index (χ0) is 25.0. The van der Waals surface area contributed by atoms with E-state index in [1.165, 1.54) is 26.4 Å². The number of aryl methyl sites for hydroxylation is 2. The normalized spacial score (nSPS) is 11.1. The molecule has 0 aliphatic rings. The topological polar surface area (TPSA) is 84.9 Å². The Kier molecular flexibility index (Phi) is 7.74. The summed E-state index contributed by atoms with van der Waals surface area (Å²) < 4.78 is 37.7. The van der Waals surface area contributed by atoms with Gasteiger partial charge in [0.15, 0.2) is 11.5 Å². The molecule has 0 aliphatic carbocycles. The molecule has 0 saturated heterocycles. The summed E-state index contributed by atoms with van der Waals surface area (Å²) in [6.07, 6.45) is 1.09. The lowest BCUT2D eigenvalue weighted by molar-refractivity contribution is 0.102. The molecule has 1 N–H and O–H groups in total. The van der Waals surface area contributed by atoms with Crippen molar-refractivity contribution in [3.8, 4) is 11.5 Å². The van der Waals surface area contributed by atoms with E-state index in [4.69, 9.17) is 21.1 Å². The maximum atomic E-state index is 13.5. The molecule has 34 heavy (non-hydrogen) atoms. The van der Waals surface area contributed by atoms with Gasteiger partial charge in [0, 0.05) is 16.8 Å². The van der Waals surface area contributed by atoms with Gasteiger partial charge in [-0.25, -0.2) is 8.42 Å². The molecule has 0 aromatic heterocycles. The summed E-state index contributed by atoms with van der Waals surface area (Å²) in [7, 11) is -0.894. The van der Waals surface area contributed by atoms with Crippen LogP contribution in [-0.4, -0.2) is 34.8 Å². The summed E-state index contributed by atoms with van der Waals surface area (Å²) in [5.74, 6) is 0.127. The molecule has 1 amide bonds. The molecule has 0 unspecified atom stereocenters. The number of amides is 1. The van der Waals surface area contributed by atoms with E-state index in [2.05, 4.69) is 5.32 Å². The van der Waals surface area contributed by atoms with Crippen molar-refractivity contribution in [3.63, 3.8) is 0 Å². The zero-order valence-electron chi connectivity index (χ0n) is 19.7. The van der Waals surface area contributed by atoms with Crippen LogP contribution in [0.15, 0.2) is 54.6 Å². The van der Waals surface area contributed by atoms with Gasteiger partial charge < -0.3 is 14.8 Å². The first-order chi connectivity index (χ1) is 16.0. The highest BCUT2D eigenvalue weighted by Gasteiger charge is 2.27. The van der Waals surface area contributed by atoms with Crippen molar-refractivity contribution >= 4 is 38.9 Å². The molecule has 0 aliphatic heterocycles. The second-order valence-electron chi connectivity index (χ2n) is 7.84. The largest absolute Gasteiger partial charge is 0.493 e. The van der Waals surface area contributed by atoms with Crippen molar-refractivity contribution in [2.75, 3.05) is 30.1 Å². The van der Waals surface area contributed by atoms with Crippen molar-refractivity contribution in [3.05, 3.63) is 81.9 Å². The third-order valence-electron chi connectivity index (χ3n) is 5.37. The highest BCUT2D eigenvalue weighted by atomic mass is 35.5. The average Bonchev–Trinajstić information content (AvgIpc) is 2.79. The number of nitrogens with one attached hydrogen (secondary N) is 1. The summed E-state index contributed by atoms with van der Waals surface area (Å²) in [4.78, 5) is 13.5. The second-order valence-corrected chi connectivity index (χ2v) is 10.2. The standard InChI is InChI=1S/C25H27ClN2O5S/c1-16-7-6-8-17(2)24(16)27-25(29)20-13-22(32-3)23(33-4)14-21(20)28(34(5,30)31)15-18-9-11-19(26)12-10-18/h6-14H,15H2,1-5H3,(H,27,29). The number of sulfonamides is 1. The van der Waals surface area contributed by atoms with Crippen LogP contribution in [0, 0.1) is 13.8 Å². The molecule has 180 valence electrons. The Balaban J connectivity index is 2.16. The molecule has 7 nitrogen and oxygen atoms in total. The van der Waals surface area contributed by atoms with Gasteiger partial charge in [0.2, 0.25) is 10.0 Å². The van der Waals surface area contributed by atoms with Crippen LogP contribution in [0.2, 0.25) is 5.02 Å². The van der Waals surface area contributed by atoms with Crippen molar-refractivity contribution in [1.29, 1.82) is 0 Å². The number of halogens is 1. The molecule has 0 atom stereocenters. The Hall–Kier alpha value is -3.23. The van der Waals surface area contributed by atoms with Crippen LogP contribution in [0.3, 0.4) is 0 Å². The molecular weight excluding hydrogens is 476 g/mol. The van der Waals surface area contributed by atoms with Crippen molar-refractivity contribution < 1.29 is 22.7 Å². The maximum Gasteiger partial charge on any atom is 0.257 e. The molecule has 3 rings (SSSR count). The van der Waals surface area contributed by atoms with E-state index in [-0.39, 0.29) is 17.8 Å². The van der Waals surface area contributed by atoms with Gasteiger partial charge in [-0.2, -0.15) is 0 Å². The van der Waals surface area contributed by atoms with E-state index >= 15 is 0 Å². The van der Waals surface area contributed by atoms with Gasteiger partial charge in [-0.15, -0.1) is 0 Å². The number of benzene rings is 3. The highest BCUT2D eigenvalue weighted by molar-refractivity contribution is 7.92. The van der Waals surface area contributed by atoms with E-state index in [0.29, 0.717) is 27.8 Å². The van der Waals surface area contributed by atoms with Crippen molar-refractivity contribution in [2.24, 2.45) is 0 Å². The molecular formula is C25H27ClN2O5S. The van der Waals surface area contributed by atoms with Crippen LogP contribution in [0.25, 0.3) is 0 Å². The number of anilines is 2. The van der Waals surface area contributed by atoms with Gasteiger partial charge in [-0.1, -0.05) is 41.9 Å². The number of methoxy groups -OCH3 is 2. The van der Waals surface area contributed by atoms with Crippen LogP contribution < -0.4 is 19.1 Å². The summed E-state index contributed by atoms with van der Waals surface area (Å²) in [6, 6.07) is 15.5. The van der Waals surface area contributed by atoms with Gasteiger partial charge in [-0.05, 0) is 48.7 Å². The predicted octanol–water partition coefficient (Wildman–Crippen LogP) is 5.19. The molecule has 0 heterocycles. The van der Waals surface area contributed by atoms with Crippen molar-refractivity contribution in [1.82, 2.24) is 0 Å². The van der Waals surface area contributed by atoms with Gasteiger partial charge in [0.25, 0.3) is 5.91 Å². The number of hydrogen-bond donors (Lipinski definition) is 1. The number of rotatable bonds is 8. The van der Waals surface area contributed by atoms with Gasteiger partial charge in [0.1, 0.15) is 0 Å². The summed E-state index contributed by atoms with van der Waals surface area (Å²) in [5, 5.41) is 3.46. The minimum Gasteiger partial charge on any atom is -0.493 e. The lowest BCUT2D eigenvalue weighted by atomic mass is 10.1. The number of carbonyl (C=O) groups is 1. The quantitative estimate of drug-likeness (QED) is 0.458. The van der Waals surface area contributed by atoms with Crippen LogP contribution in [0.4, 0.5) is 11.4 Å². The van der Waals surface area contributed by atoms with E-state index in [0.717, 1.165) is 21.7 Å². The number of ether oxygens (including phenoxy) is 2. The van der Waals surface area contributed by atoms with Crippen LogP contribution in [0.5, 0.6) is 11.5 Å². The molecule has 3 aromatic carbocycles. The van der Waals surface area contributed by atoms with E-state index in [1.54, 1.807) is 24.3 Å². The Bertz CT molecular complexity index is 1290. The Morgan fingerprint density at radius 2 is 1.53 bits per heavy atom. The van der Waals surface area contributed by atoms with Crippen molar-refractivity contribution in [2.45, 2.75) is 20.4 Å². The molecule has 0 fully saturated rings. The lowest BCUT2D eigenvalue weighted by Gasteiger charge is -2.26. The summed E-state index contributed by atoms with van der Waals surface area (Å²) in [6.45, 7) is 3.78. The third kappa shape index (κ3) is 5.63. The first-order valence-corrected chi connectivity index (χ1v) is 12.6. The van der Waals surface area contributed by atoms with Crippen LogP contribution in [-0.2, 0) is 16.6 Å². The Labute approximate surface area is 205 Å². The molecule has 0 radical (unpaired) electrons. The highest BCUT2D eigenvalue weighted by Crippen LogP contribution is 2.37. The lowest BCUT2D eigenvalue weighted by Crippen LogP contribution is -2.31. The van der Waals surface area contributed by atoms with E-state index < -0.39 is 15.9 Å². The number of hydrogen-bond acceptors (Lipinski definition) is 5. The van der Waals surface area contributed by atoms with Gasteiger partial charge in [-0.3, -0.25) is 9.10 Å². The molecule has 0 saturated carbocycles.